The van der Waals surface area contributed by atoms with Crippen molar-refractivity contribution in [2.75, 3.05) is 11.1 Å². The van der Waals surface area contributed by atoms with Crippen LogP contribution >= 0.6 is 11.8 Å². The zero-order valence-corrected chi connectivity index (χ0v) is 17.3. The third-order valence-electron chi connectivity index (χ3n) is 4.46. The van der Waals surface area contributed by atoms with E-state index in [9.17, 15) is 5.11 Å². The summed E-state index contributed by atoms with van der Waals surface area (Å²) in [6, 6.07) is 22.0. The maximum absolute atomic E-state index is 11.6. The normalized spacial score (nSPS) is 19.0. The first-order chi connectivity index (χ1) is 12.6. The average Bonchev–Trinajstić information content (AvgIpc) is 3.22. The van der Waals surface area contributed by atoms with Gasteiger partial charge in [0.15, 0.2) is 0 Å². The number of benzene rings is 2. The molecule has 0 saturated carbocycles. The maximum Gasteiger partial charge on any atom is 0.315 e. The highest BCUT2D eigenvalue weighted by Crippen LogP contribution is 2.35. The molecule has 1 unspecified atom stereocenters. The van der Waals surface area contributed by atoms with E-state index in [0.717, 1.165) is 27.8 Å². The van der Waals surface area contributed by atoms with Crippen molar-refractivity contribution in [2.24, 2.45) is 0 Å². The van der Waals surface area contributed by atoms with Gasteiger partial charge in [0.25, 0.3) is 0 Å². The average molecular weight is 445 g/mol. The lowest BCUT2D eigenvalue weighted by molar-refractivity contribution is -0.670. The van der Waals surface area contributed by atoms with Crippen LogP contribution in [0.3, 0.4) is 0 Å². The van der Waals surface area contributed by atoms with E-state index in [1.54, 1.807) is 11.8 Å². The summed E-state index contributed by atoms with van der Waals surface area (Å²) >= 11 is 1.60. The molecular weight excluding hydrogens is 424 g/mol. The third kappa shape index (κ3) is 4.10. The first-order valence-corrected chi connectivity index (χ1v) is 9.52. The number of aromatic amines is 1. The van der Waals surface area contributed by atoms with Crippen molar-refractivity contribution >= 4 is 22.7 Å². The van der Waals surface area contributed by atoms with Crippen LogP contribution in [0.4, 0.5) is 5.82 Å². The Morgan fingerprint density at radius 1 is 1.15 bits per heavy atom. The summed E-state index contributed by atoms with van der Waals surface area (Å²) in [7, 11) is 0. The number of anilines is 1. The molecule has 140 valence electrons. The van der Waals surface area contributed by atoms with E-state index in [0.29, 0.717) is 12.3 Å². The van der Waals surface area contributed by atoms with E-state index in [1.807, 2.05) is 66.1 Å². The van der Waals surface area contributed by atoms with Crippen molar-refractivity contribution in [3.05, 3.63) is 83.6 Å². The second-order valence-electron chi connectivity index (χ2n) is 6.41. The fourth-order valence-corrected chi connectivity index (χ4v) is 4.31. The van der Waals surface area contributed by atoms with Gasteiger partial charge in [0, 0.05) is 17.3 Å². The fourth-order valence-electron chi connectivity index (χ4n) is 3.10. The molecule has 7 heteroatoms. The Labute approximate surface area is 173 Å². The molecule has 3 N–H and O–H groups in total. The number of hydrogen-bond acceptors (Lipinski definition) is 4. The predicted octanol–water partition coefficient (Wildman–Crippen LogP) is 0.295. The number of aliphatic hydroxyl groups is 1. The molecule has 5 nitrogen and oxygen atoms in total. The molecule has 1 aliphatic heterocycles. The Morgan fingerprint density at radius 3 is 2.44 bits per heavy atom. The number of aromatic nitrogens is 2. The minimum Gasteiger partial charge on any atom is -1.00 e. The summed E-state index contributed by atoms with van der Waals surface area (Å²) in [6.07, 6.45) is 0. The molecule has 27 heavy (non-hydrogen) atoms. The van der Waals surface area contributed by atoms with Gasteiger partial charge in [-0.2, -0.15) is 0 Å². The molecule has 0 amide bonds. The third-order valence-corrected chi connectivity index (χ3v) is 5.61. The maximum atomic E-state index is 11.6. The number of nitrogens with one attached hydrogen (secondary N) is 2. The van der Waals surface area contributed by atoms with Crippen LogP contribution in [0, 0.1) is 6.92 Å². The number of H-pyrrole nitrogens is 1. The van der Waals surface area contributed by atoms with Crippen LogP contribution in [0.5, 0.6) is 0 Å². The lowest BCUT2D eigenvalue weighted by atomic mass is 10.0. The SMILES string of the molecule is Cc1cc(NC2=[N+](Cc3ccccc3)C(O)(c3ccccc3)CS2)n[nH]1.[Br-]. The van der Waals surface area contributed by atoms with Gasteiger partial charge in [-0.15, -0.1) is 5.10 Å². The van der Waals surface area contributed by atoms with Crippen molar-refractivity contribution in [1.82, 2.24) is 10.2 Å². The van der Waals surface area contributed by atoms with Crippen LogP contribution in [-0.4, -0.2) is 30.8 Å². The summed E-state index contributed by atoms with van der Waals surface area (Å²) < 4.78 is 2.02. The molecule has 0 saturated heterocycles. The molecule has 1 aliphatic rings. The zero-order valence-electron chi connectivity index (χ0n) is 14.9. The molecule has 0 fully saturated rings. The predicted molar refractivity (Wildman–Crippen MR) is 105 cm³/mol. The van der Waals surface area contributed by atoms with E-state index in [2.05, 4.69) is 27.6 Å². The van der Waals surface area contributed by atoms with Crippen LogP contribution in [0.1, 0.15) is 16.8 Å². The minimum atomic E-state index is -1.07. The van der Waals surface area contributed by atoms with E-state index in [-0.39, 0.29) is 17.0 Å². The summed E-state index contributed by atoms with van der Waals surface area (Å²) in [5.41, 5.74) is 1.94. The number of nitrogens with zero attached hydrogens (tertiary/aromatic N) is 2. The van der Waals surface area contributed by atoms with Gasteiger partial charge in [-0.3, -0.25) is 5.10 Å². The molecule has 2 heterocycles. The summed E-state index contributed by atoms with van der Waals surface area (Å²) in [5, 5.41) is 23.0. The minimum absolute atomic E-state index is 0. The number of aryl methyl sites for hydroxylation is 1. The molecular formula is C20H21BrN4OS. The number of rotatable bonds is 4. The van der Waals surface area contributed by atoms with Gasteiger partial charge in [0.1, 0.15) is 6.54 Å². The van der Waals surface area contributed by atoms with Gasteiger partial charge >= 0.3 is 5.17 Å². The molecule has 0 radical (unpaired) electrons. The largest absolute Gasteiger partial charge is 1.00 e. The zero-order chi connectivity index (χ0) is 18.0. The van der Waals surface area contributed by atoms with Gasteiger partial charge in [-0.25, -0.2) is 9.89 Å². The van der Waals surface area contributed by atoms with Gasteiger partial charge in [0.05, 0.1) is 5.75 Å². The molecule has 2 aromatic carbocycles. The van der Waals surface area contributed by atoms with Gasteiger partial charge < -0.3 is 22.1 Å². The van der Waals surface area contributed by atoms with E-state index >= 15 is 0 Å². The molecule has 1 atom stereocenters. The van der Waals surface area contributed by atoms with E-state index in [1.165, 1.54) is 0 Å². The smallest absolute Gasteiger partial charge is 0.315 e. The van der Waals surface area contributed by atoms with Crippen molar-refractivity contribution in [2.45, 2.75) is 19.2 Å². The van der Waals surface area contributed by atoms with Crippen LogP contribution in [0.15, 0.2) is 66.7 Å². The first-order valence-electron chi connectivity index (χ1n) is 8.53. The highest BCUT2D eigenvalue weighted by molar-refractivity contribution is 8.14. The fraction of sp³-hybridized carbons (Fsp3) is 0.200. The van der Waals surface area contributed by atoms with Gasteiger partial charge in [0.2, 0.25) is 11.5 Å². The van der Waals surface area contributed by atoms with Gasteiger partial charge in [-0.05, 0) is 24.2 Å². The van der Waals surface area contributed by atoms with Crippen LogP contribution < -0.4 is 22.3 Å². The van der Waals surface area contributed by atoms with E-state index < -0.39 is 5.72 Å². The lowest BCUT2D eigenvalue weighted by Crippen LogP contribution is -3.00. The number of amidine groups is 1. The Kier molecular flexibility index (Phi) is 6.04. The summed E-state index contributed by atoms with van der Waals surface area (Å²) in [5.74, 6) is 1.30. The van der Waals surface area contributed by atoms with Crippen molar-refractivity contribution in [3.63, 3.8) is 0 Å². The van der Waals surface area contributed by atoms with Crippen LogP contribution in [-0.2, 0) is 12.3 Å². The molecule has 0 aliphatic carbocycles. The van der Waals surface area contributed by atoms with E-state index in [4.69, 9.17) is 0 Å². The van der Waals surface area contributed by atoms with Crippen molar-refractivity contribution in [1.29, 1.82) is 0 Å². The molecule has 3 aromatic rings. The molecule has 0 spiro atoms. The van der Waals surface area contributed by atoms with Crippen molar-refractivity contribution in [3.8, 4) is 0 Å². The second-order valence-corrected chi connectivity index (χ2v) is 7.37. The van der Waals surface area contributed by atoms with Crippen molar-refractivity contribution < 1.29 is 26.7 Å². The number of halogens is 1. The Morgan fingerprint density at radius 2 is 1.81 bits per heavy atom. The molecule has 4 rings (SSSR count). The number of thioether (sulfide) groups is 1. The second kappa shape index (κ2) is 8.29. The topological polar surface area (TPSA) is 63.9 Å². The Hall–Kier alpha value is -2.09. The van der Waals surface area contributed by atoms with Gasteiger partial charge in [-0.1, -0.05) is 60.7 Å². The quantitative estimate of drug-likeness (QED) is 0.506. The lowest BCUT2D eigenvalue weighted by Gasteiger charge is -2.24. The number of hydrogen-bond donors (Lipinski definition) is 3. The first kappa shape index (κ1) is 19.7. The highest BCUT2D eigenvalue weighted by atomic mass is 79.9. The van der Waals surface area contributed by atoms with Crippen LogP contribution in [0.2, 0.25) is 0 Å². The standard InChI is InChI=1S/C20H20N4OS.BrH/c1-15-12-18(23-22-15)21-19-24(13-16-8-4-2-5-9-16)20(25,14-26-19)17-10-6-3-7-11-17;/h2-12,25H,13-14H2,1H3,(H,22,23);1H. The Bertz CT molecular complexity index is 929. The molecule has 0 bridgehead atoms. The van der Waals surface area contributed by atoms with Crippen LogP contribution in [0.25, 0.3) is 0 Å². The molecule has 1 aromatic heterocycles. The summed E-state index contributed by atoms with van der Waals surface area (Å²) in [4.78, 5) is 0. The Balaban J connectivity index is 0.00000210. The highest BCUT2D eigenvalue weighted by Gasteiger charge is 2.46. The monoisotopic (exact) mass is 444 g/mol. The summed E-state index contributed by atoms with van der Waals surface area (Å²) in [6.45, 7) is 2.57.